The van der Waals surface area contributed by atoms with E-state index < -0.39 is 0 Å². The third kappa shape index (κ3) is 2.02. The Hall–Kier alpha value is -1.56. The summed E-state index contributed by atoms with van der Waals surface area (Å²) in [7, 11) is 0. The van der Waals surface area contributed by atoms with E-state index in [1.54, 1.807) is 6.07 Å². The molecule has 14 heavy (non-hydrogen) atoms. The van der Waals surface area contributed by atoms with Crippen molar-refractivity contribution in [3.05, 3.63) is 6.07 Å². The van der Waals surface area contributed by atoms with Crippen LogP contribution in [0.5, 0.6) is 0 Å². The number of nitrogens with zero attached hydrogens (tertiary/aromatic N) is 3. The summed E-state index contributed by atoms with van der Waals surface area (Å²) in [5, 5.41) is 0. The van der Waals surface area contributed by atoms with Crippen LogP contribution in [0.3, 0.4) is 0 Å². The lowest BCUT2D eigenvalue weighted by Gasteiger charge is -2.15. The average Bonchev–Trinajstić information content (AvgIpc) is 2.53. The Bertz CT molecular complexity index is 290. The molecule has 6 N–H and O–H groups in total. The van der Waals surface area contributed by atoms with Crippen molar-refractivity contribution < 1.29 is 5.48 Å². The molecule has 1 aromatic rings. The first-order valence-electron chi connectivity index (χ1n) is 4.41. The highest BCUT2D eigenvalue weighted by Crippen LogP contribution is 2.17. The van der Waals surface area contributed by atoms with Crippen LogP contribution in [-0.2, 0) is 0 Å². The van der Waals surface area contributed by atoms with Gasteiger partial charge in [0.25, 0.3) is 0 Å². The van der Waals surface area contributed by atoms with Gasteiger partial charge in [0.1, 0.15) is 11.6 Å². The zero-order chi connectivity index (χ0) is 9.26. The van der Waals surface area contributed by atoms with Gasteiger partial charge in [-0.2, -0.15) is 9.97 Å². The van der Waals surface area contributed by atoms with Gasteiger partial charge in [-0.1, -0.05) is 0 Å². The van der Waals surface area contributed by atoms with E-state index in [0.717, 1.165) is 13.1 Å². The van der Waals surface area contributed by atoms with Gasteiger partial charge >= 0.3 is 0 Å². The van der Waals surface area contributed by atoms with Crippen molar-refractivity contribution in [2.75, 3.05) is 29.5 Å². The van der Waals surface area contributed by atoms with Gasteiger partial charge in [0.15, 0.2) is 0 Å². The summed E-state index contributed by atoms with van der Waals surface area (Å²) in [4.78, 5) is 10.4. The van der Waals surface area contributed by atoms with Gasteiger partial charge in [0.2, 0.25) is 5.95 Å². The summed E-state index contributed by atoms with van der Waals surface area (Å²) in [6.07, 6.45) is 2.39. The van der Waals surface area contributed by atoms with E-state index in [9.17, 15) is 0 Å². The second kappa shape index (κ2) is 4.10. The molecular weight excluding hydrogens is 182 g/mol. The summed E-state index contributed by atoms with van der Waals surface area (Å²) in [6.45, 7) is 2.01. The van der Waals surface area contributed by atoms with Gasteiger partial charge < -0.3 is 21.8 Å². The van der Waals surface area contributed by atoms with E-state index in [1.807, 2.05) is 0 Å². The summed E-state index contributed by atoms with van der Waals surface area (Å²) < 4.78 is 0. The molecule has 1 saturated heterocycles. The van der Waals surface area contributed by atoms with E-state index in [4.69, 9.17) is 11.5 Å². The van der Waals surface area contributed by atoms with Crippen LogP contribution in [0.1, 0.15) is 12.8 Å². The van der Waals surface area contributed by atoms with Crippen molar-refractivity contribution >= 4 is 17.6 Å². The standard InChI is InChI=1S/C8H13N5.H2O/c9-6-5-7(10)12-8(11-6)13-3-1-2-4-13;/h5H,1-4H2,(H4,9,10,11,12);1H2. The quantitative estimate of drug-likeness (QED) is 0.625. The molecule has 0 aromatic carbocycles. The molecule has 1 fully saturated rings. The molecule has 1 aliphatic rings. The minimum absolute atomic E-state index is 0. The lowest BCUT2D eigenvalue weighted by atomic mass is 10.4. The second-order valence-corrected chi connectivity index (χ2v) is 3.21. The molecule has 6 heteroatoms. The first kappa shape index (κ1) is 10.5. The maximum atomic E-state index is 5.57. The van der Waals surface area contributed by atoms with Crippen LogP contribution in [0.15, 0.2) is 6.07 Å². The molecule has 6 nitrogen and oxygen atoms in total. The van der Waals surface area contributed by atoms with E-state index >= 15 is 0 Å². The molecule has 2 rings (SSSR count). The molecule has 2 heterocycles. The van der Waals surface area contributed by atoms with E-state index in [-0.39, 0.29) is 5.48 Å². The fraction of sp³-hybridized carbons (Fsp3) is 0.500. The third-order valence-electron chi connectivity index (χ3n) is 2.14. The predicted molar refractivity (Wildman–Crippen MR) is 55.9 cm³/mol. The Kier molecular flexibility index (Phi) is 3.08. The molecule has 78 valence electrons. The lowest BCUT2D eigenvalue weighted by molar-refractivity contribution is 0.824. The minimum Gasteiger partial charge on any atom is -0.412 e. The summed E-state index contributed by atoms with van der Waals surface area (Å²) >= 11 is 0. The van der Waals surface area contributed by atoms with E-state index in [1.165, 1.54) is 12.8 Å². The molecule has 0 saturated carbocycles. The number of aromatic nitrogens is 2. The zero-order valence-electron chi connectivity index (χ0n) is 7.90. The highest BCUT2D eigenvalue weighted by molar-refractivity contribution is 5.48. The molecule has 0 bridgehead atoms. The van der Waals surface area contributed by atoms with Crippen LogP contribution in [0, 0.1) is 0 Å². The Morgan fingerprint density at radius 1 is 1.07 bits per heavy atom. The minimum atomic E-state index is 0. The van der Waals surface area contributed by atoms with Crippen LogP contribution in [0.2, 0.25) is 0 Å². The molecular formula is C8H15N5O. The fourth-order valence-electron chi connectivity index (χ4n) is 1.53. The Balaban J connectivity index is 0.000000980. The number of rotatable bonds is 1. The van der Waals surface area contributed by atoms with Gasteiger partial charge in [0.05, 0.1) is 0 Å². The van der Waals surface area contributed by atoms with Crippen LogP contribution >= 0.6 is 0 Å². The van der Waals surface area contributed by atoms with Crippen LogP contribution in [-0.4, -0.2) is 28.5 Å². The van der Waals surface area contributed by atoms with Gasteiger partial charge in [-0.05, 0) is 12.8 Å². The Morgan fingerprint density at radius 2 is 1.57 bits per heavy atom. The van der Waals surface area contributed by atoms with Crippen molar-refractivity contribution in [2.24, 2.45) is 0 Å². The summed E-state index contributed by atoms with van der Waals surface area (Å²) in [5.41, 5.74) is 11.1. The highest BCUT2D eigenvalue weighted by Gasteiger charge is 2.15. The predicted octanol–water partition coefficient (Wildman–Crippen LogP) is -0.584. The topological polar surface area (TPSA) is 113 Å². The second-order valence-electron chi connectivity index (χ2n) is 3.21. The summed E-state index contributed by atoms with van der Waals surface area (Å²) in [6, 6.07) is 1.57. The molecule has 0 unspecified atom stereocenters. The smallest absolute Gasteiger partial charge is 0.229 e. The highest BCUT2D eigenvalue weighted by atomic mass is 16.0. The van der Waals surface area contributed by atoms with Crippen LogP contribution < -0.4 is 16.4 Å². The number of nitrogen functional groups attached to an aromatic ring is 2. The van der Waals surface area contributed by atoms with Gasteiger partial charge in [-0.25, -0.2) is 0 Å². The Morgan fingerprint density at radius 3 is 2.07 bits per heavy atom. The normalized spacial score (nSPS) is 15.3. The molecule has 0 aliphatic carbocycles. The van der Waals surface area contributed by atoms with E-state index in [2.05, 4.69) is 14.9 Å². The van der Waals surface area contributed by atoms with Gasteiger partial charge in [-0.15, -0.1) is 0 Å². The first-order valence-corrected chi connectivity index (χ1v) is 4.41. The zero-order valence-corrected chi connectivity index (χ0v) is 7.90. The number of anilines is 3. The maximum Gasteiger partial charge on any atom is 0.229 e. The van der Waals surface area contributed by atoms with Crippen molar-refractivity contribution in [1.82, 2.24) is 9.97 Å². The Labute approximate surface area is 82.2 Å². The first-order chi connectivity index (χ1) is 6.25. The molecule has 0 atom stereocenters. The van der Waals surface area contributed by atoms with Crippen molar-refractivity contribution in [3.8, 4) is 0 Å². The fourth-order valence-corrected chi connectivity index (χ4v) is 1.53. The monoisotopic (exact) mass is 197 g/mol. The van der Waals surface area contributed by atoms with Crippen molar-refractivity contribution in [3.63, 3.8) is 0 Å². The average molecular weight is 197 g/mol. The largest absolute Gasteiger partial charge is 0.412 e. The molecule has 0 amide bonds. The number of hydrogen-bond acceptors (Lipinski definition) is 5. The molecule has 1 aromatic heterocycles. The van der Waals surface area contributed by atoms with Crippen LogP contribution in [0.4, 0.5) is 17.6 Å². The third-order valence-corrected chi connectivity index (χ3v) is 2.14. The van der Waals surface area contributed by atoms with Crippen molar-refractivity contribution in [1.29, 1.82) is 0 Å². The van der Waals surface area contributed by atoms with E-state index in [0.29, 0.717) is 17.6 Å². The molecule has 0 spiro atoms. The number of hydrogen-bond donors (Lipinski definition) is 2. The molecule has 0 radical (unpaired) electrons. The SMILES string of the molecule is Nc1cc(N)nc(N2CCCC2)n1.O. The lowest BCUT2D eigenvalue weighted by Crippen LogP contribution is -2.21. The number of nitrogens with two attached hydrogens (primary N) is 2. The van der Waals surface area contributed by atoms with Gasteiger partial charge in [-0.3, -0.25) is 0 Å². The maximum absolute atomic E-state index is 5.57. The van der Waals surface area contributed by atoms with Crippen molar-refractivity contribution in [2.45, 2.75) is 12.8 Å². The van der Waals surface area contributed by atoms with Crippen LogP contribution in [0.25, 0.3) is 0 Å². The summed E-state index contributed by atoms with van der Waals surface area (Å²) in [5.74, 6) is 1.54. The molecule has 1 aliphatic heterocycles. The van der Waals surface area contributed by atoms with Gasteiger partial charge in [0, 0.05) is 19.2 Å².